The minimum atomic E-state index is -0.113. The number of fused-ring (bicyclic) bond motifs is 1. The van der Waals surface area contributed by atoms with E-state index in [-0.39, 0.29) is 24.0 Å². The summed E-state index contributed by atoms with van der Waals surface area (Å²) >= 11 is 0. The fourth-order valence-corrected chi connectivity index (χ4v) is 3.46. The molecular formula is C18H27N7O2. The molecule has 4 rings (SSSR count). The van der Waals surface area contributed by atoms with Crippen LogP contribution in [0.15, 0.2) is 12.1 Å². The van der Waals surface area contributed by atoms with E-state index in [1.165, 1.54) is 0 Å². The van der Waals surface area contributed by atoms with Crippen molar-refractivity contribution in [2.45, 2.75) is 38.3 Å². The smallest absolute Gasteiger partial charge is 0.246 e. The summed E-state index contributed by atoms with van der Waals surface area (Å²) in [6, 6.07) is 4.43. The lowest BCUT2D eigenvalue weighted by molar-refractivity contribution is -0.134. The highest BCUT2D eigenvalue weighted by Gasteiger charge is 2.33. The standard InChI is InChI=1S/C18H27N7O2/c1-18(2,3)17-21-20-14-5-6-15(22-25(14)17)24-8-12(9-24)23(4)10-13-7-19-16(26)11-27-13/h5-6,12-13H,7-11H2,1-4H3,(H,19,26). The average Bonchev–Trinajstić information content (AvgIpc) is 2.99. The van der Waals surface area contributed by atoms with Gasteiger partial charge in [-0.2, -0.15) is 4.52 Å². The molecule has 1 atom stereocenters. The highest BCUT2D eigenvalue weighted by atomic mass is 16.5. The molecule has 9 nitrogen and oxygen atoms in total. The summed E-state index contributed by atoms with van der Waals surface area (Å²) in [5.41, 5.74) is 0.660. The van der Waals surface area contributed by atoms with E-state index >= 15 is 0 Å². The number of hydrogen-bond donors (Lipinski definition) is 1. The minimum Gasteiger partial charge on any atom is -0.365 e. The van der Waals surface area contributed by atoms with Crippen LogP contribution in [0.2, 0.25) is 0 Å². The van der Waals surface area contributed by atoms with E-state index in [2.05, 4.69) is 53.1 Å². The van der Waals surface area contributed by atoms with Crippen molar-refractivity contribution in [2.75, 3.05) is 44.7 Å². The summed E-state index contributed by atoms with van der Waals surface area (Å²) in [6.45, 7) is 9.73. The number of carbonyl (C=O) groups is 1. The molecule has 4 heterocycles. The molecule has 1 unspecified atom stereocenters. The molecule has 0 aromatic carbocycles. The van der Waals surface area contributed by atoms with E-state index in [1.54, 1.807) is 0 Å². The van der Waals surface area contributed by atoms with E-state index in [0.717, 1.165) is 36.9 Å². The third-order valence-electron chi connectivity index (χ3n) is 5.20. The number of ether oxygens (including phenoxy) is 1. The molecule has 2 fully saturated rings. The zero-order valence-electron chi connectivity index (χ0n) is 16.3. The lowest BCUT2D eigenvalue weighted by atomic mass is 9.96. The maximum atomic E-state index is 11.2. The zero-order valence-corrected chi connectivity index (χ0v) is 16.3. The number of likely N-dealkylation sites (N-methyl/N-ethyl adjacent to an activating group) is 1. The van der Waals surface area contributed by atoms with Crippen molar-refractivity contribution >= 4 is 17.4 Å². The van der Waals surface area contributed by atoms with Crippen LogP contribution in [0.3, 0.4) is 0 Å². The van der Waals surface area contributed by atoms with Gasteiger partial charge < -0.3 is 15.0 Å². The Hall–Kier alpha value is -2.26. The first-order chi connectivity index (χ1) is 12.8. The number of rotatable bonds is 4. The monoisotopic (exact) mass is 373 g/mol. The Morgan fingerprint density at radius 2 is 2.07 bits per heavy atom. The second-order valence-electron chi connectivity index (χ2n) is 8.47. The molecule has 9 heteroatoms. The molecule has 0 spiro atoms. The quantitative estimate of drug-likeness (QED) is 0.811. The van der Waals surface area contributed by atoms with Gasteiger partial charge in [-0.25, -0.2) is 0 Å². The van der Waals surface area contributed by atoms with Gasteiger partial charge >= 0.3 is 0 Å². The molecule has 2 aliphatic rings. The van der Waals surface area contributed by atoms with Crippen LogP contribution in [0.1, 0.15) is 26.6 Å². The second-order valence-corrected chi connectivity index (χ2v) is 8.47. The van der Waals surface area contributed by atoms with Gasteiger partial charge in [-0.1, -0.05) is 20.8 Å². The number of aromatic nitrogens is 4. The van der Waals surface area contributed by atoms with Gasteiger partial charge in [-0.05, 0) is 19.2 Å². The summed E-state index contributed by atoms with van der Waals surface area (Å²) < 4.78 is 7.43. The van der Waals surface area contributed by atoms with Gasteiger partial charge in [0.05, 0.1) is 6.10 Å². The second kappa shape index (κ2) is 6.72. The number of carbonyl (C=O) groups excluding carboxylic acids is 1. The van der Waals surface area contributed by atoms with E-state index in [4.69, 9.17) is 9.84 Å². The maximum absolute atomic E-state index is 11.2. The molecule has 0 aliphatic carbocycles. The Morgan fingerprint density at radius 3 is 2.74 bits per heavy atom. The van der Waals surface area contributed by atoms with Crippen LogP contribution in [0.5, 0.6) is 0 Å². The predicted octanol–water partition coefficient (Wildman–Crippen LogP) is 0.0572. The number of hydrogen-bond acceptors (Lipinski definition) is 7. The van der Waals surface area contributed by atoms with Crippen molar-refractivity contribution in [3.05, 3.63) is 18.0 Å². The van der Waals surface area contributed by atoms with Crippen molar-refractivity contribution in [3.63, 3.8) is 0 Å². The van der Waals surface area contributed by atoms with Gasteiger partial charge in [-0.3, -0.25) is 9.69 Å². The molecule has 0 radical (unpaired) electrons. The van der Waals surface area contributed by atoms with Gasteiger partial charge in [0.15, 0.2) is 11.5 Å². The SMILES string of the molecule is CN(CC1CNC(=O)CO1)C1CN(c2ccc3nnc(C(C)(C)C)n3n2)C1. The lowest BCUT2D eigenvalue weighted by Gasteiger charge is -2.45. The molecule has 27 heavy (non-hydrogen) atoms. The van der Waals surface area contributed by atoms with Crippen LogP contribution in [0.4, 0.5) is 5.82 Å². The van der Waals surface area contributed by atoms with Gasteiger partial charge in [-0.15, -0.1) is 15.3 Å². The average molecular weight is 373 g/mol. The molecule has 2 saturated heterocycles. The summed E-state index contributed by atoms with van der Waals surface area (Å²) in [4.78, 5) is 15.7. The molecule has 0 bridgehead atoms. The third-order valence-corrected chi connectivity index (χ3v) is 5.20. The fourth-order valence-electron chi connectivity index (χ4n) is 3.46. The van der Waals surface area contributed by atoms with Crippen LogP contribution in [0.25, 0.3) is 5.65 Å². The van der Waals surface area contributed by atoms with Gasteiger partial charge in [0.25, 0.3) is 0 Å². The van der Waals surface area contributed by atoms with E-state index in [0.29, 0.717) is 12.6 Å². The first kappa shape index (κ1) is 18.1. The number of nitrogens with one attached hydrogen (secondary N) is 1. The number of amides is 1. The van der Waals surface area contributed by atoms with Crippen molar-refractivity contribution in [2.24, 2.45) is 0 Å². The number of morpholine rings is 1. The molecule has 2 aromatic heterocycles. The van der Waals surface area contributed by atoms with E-state index < -0.39 is 0 Å². The Labute approximate surface area is 158 Å². The van der Waals surface area contributed by atoms with Crippen molar-refractivity contribution in [1.82, 2.24) is 30.0 Å². The van der Waals surface area contributed by atoms with Crippen LogP contribution in [0, 0.1) is 0 Å². The van der Waals surface area contributed by atoms with Crippen molar-refractivity contribution < 1.29 is 9.53 Å². The summed E-state index contributed by atoms with van der Waals surface area (Å²) in [7, 11) is 2.11. The van der Waals surface area contributed by atoms with Crippen LogP contribution in [-0.2, 0) is 14.9 Å². The lowest BCUT2D eigenvalue weighted by Crippen LogP contribution is -2.61. The minimum absolute atomic E-state index is 0.0335. The largest absolute Gasteiger partial charge is 0.365 e. The Kier molecular flexibility index (Phi) is 4.51. The molecule has 1 amide bonds. The van der Waals surface area contributed by atoms with Crippen LogP contribution in [-0.4, -0.2) is 82.6 Å². The van der Waals surface area contributed by atoms with Gasteiger partial charge in [0.2, 0.25) is 5.91 Å². The van der Waals surface area contributed by atoms with Gasteiger partial charge in [0, 0.05) is 37.6 Å². The number of anilines is 1. The molecule has 2 aromatic rings. The molecule has 146 valence electrons. The maximum Gasteiger partial charge on any atom is 0.246 e. The van der Waals surface area contributed by atoms with Crippen LogP contribution >= 0.6 is 0 Å². The molecule has 0 saturated carbocycles. The van der Waals surface area contributed by atoms with E-state index in [1.807, 2.05) is 16.6 Å². The van der Waals surface area contributed by atoms with Gasteiger partial charge in [0.1, 0.15) is 12.4 Å². The van der Waals surface area contributed by atoms with E-state index in [9.17, 15) is 4.79 Å². The molecular weight excluding hydrogens is 346 g/mol. The third kappa shape index (κ3) is 3.61. The first-order valence-corrected chi connectivity index (χ1v) is 9.38. The highest BCUT2D eigenvalue weighted by molar-refractivity contribution is 5.77. The first-order valence-electron chi connectivity index (χ1n) is 9.38. The fraction of sp³-hybridized carbons (Fsp3) is 0.667. The van der Waals surface area contributed by atoms with Crippen molar-refractivity contribution in [1.29, 1.82) is 0 Å². The summed E-state index contributed by atoms with van der Waals surface area (Å²) in [5, 5.41) is 16.1. The number of nitrogens with zero attached hydrogens (tertiary/aromatic N) is 6. The topological polar surface area (TPSA) is 87.9 Å². The molecule has 1 N–H and O–H groups in total. The summed E-state index contributed by atoms with van der Waals surface area (Å²) in [5.74, 6) is 1.78. The molecule has 2 aliphatic heterocycles. The Balaban J connectivity index is 1.38. The zero-order chi connectivity index (χ0) is 19.2. The van der Waals surface area contributed by atoms with Crippen LogP contribution < -0.4 is 10.2 Å². The Bertz CT molecular complexity index is 828. The highest BCUT2D eigenvalue weighted by Crippen LogP contribution is 2.24. The predicted molar refractivity (Wildman–Crippen MR) is 101 cm³/mol. The Morgan fingerprint density at radius 1 is 1.30 bits per heavy atom. The normalized spacial score (nSPS) is 21.6. The summed E-state index contributed by atoms with van der Waals surface area (Å²) in [6.07, 6.45) is 0.0580. The van der Waals surface area contributed by atoms with Crippen molar-refractivity contribution in [3.8, 4) is 0 Å².